The van der Waals surface area contributed by atoms with Gasteiger partial charge in [-0.1, -0.05) is 0 Å². The second kappa shape index (κ2) is 11.3. The zero-order valence-corrected chi connectivity index (χ0v) is 5.42. The zero-order chi connectivity index (χ0) is 7.15. The number of hydrogen-bond donors (Lipinski definition) is 0. The summed E-state index contributed by atoms with van der Waals surface area (Å²) in [5.74, 6) is 0. The van der Waals surface area contributed by atoms with E-state index in [1.807, 2.05) is 0 Å². The van der Waals surface area contributed by atoms with Gasteiger partial charge in [0.1, 0.15) is 0 Å². The van der Waals surface area contributed by atoms with Crippen LogP contribution in [0.15, 0.2) is 0 Å². The fourth-order valence-corrected chi connectivity index (χ4v) is 0. The van der Waals surface area contributed by atoms with E-state index >= 15 is 0 Å². The van der Waals surface area contributed by atoms with E-state index in [0.29, 0.717) is 0 Å². The van der Waals surface area contributed by atoms with Gasteiger partial charge >= 0.3 is 10.1 Å². The SMILES string of the molecule is [Be+2].[O-][Cl+2]([O-])[O-].[O-][Cl+2]([O-])[O-]. The molecule has 0 aromatic heterocycles. The predicted octanol–water partition coefficient (Wildman–Crippen LogP) is -7.51. The Morgan fingerprint density at radius 3 is 0.556 bits per heavy atom. The van der Waals surface area contributed by atoms with Crippen molar-refractivity contribution in [1.29, 1.82) is 0 Å². The van der Waals surface area contributed by atoms with Gasteiger partial charge in [-0.25, -0.2) is 0 Å². The van der Waals surface area contributed by atoms with Crippen LogP contribution in [0.5, 0.6) is 0 Å². The van der Waals surface area contributed by atoms with Crippen molar-refractivity contribution in [3.05, 3.63) is 0 Å². The molecule has 0 heterocycles. The summed E-state index contributed by atoms with van der Waals surface area (Å²) in [6, 6.07) is 0. The van der Waals surface area contributed by atoms with Crippen LogP contribution in [-0.2, 0) is 0 Å². The Bertz CT molecular complexity index is 26.5. The molecule has 9 heavy (non-hydrogen) atoms. The second-order valence-corrected chi connectivity index (χ2v) is 1.13. The Balaban J connectivity index is -0.0000000720. The zero-order valence-electron chi connectivity index (χ0n) is 3.91. The van der Waals surface area contributed by atoms with Crippen molar-refractivity contribution in [2.45, 2.75) is 0 Å². The van der Waals surface area contributed by atoms with Crippen molar-refractivity contribution in [2.75, 3.05) is 0 Å². The minimum atomic E-state index is -2.85. The average molecular weight is 176 g/mol. The molecular weight excluding hydrogens is 176 g/mol. The molecule has 0 saturated carbocycles. The van der Waals surface area contributed by atoms with Crippen LogP contribution in [-0.4, -0.2) is 10.1 Å². The van der Waals surface area contributed by atoms with Gasteiger partial charge in [0, 0.05) is 0 Å². The van der Waals surface area contributed by atoms with Crippen LogP contribution in [0.2, 0.25) is 0 Å². The summed E-state index contributed by atoms with van der Waals surface area (Å²) in [5.41, 5.74) is 0. The molecule has 0 aliphatic carbocycles. The topological polar surface area (TPSA) is 138 Å². The van der Waals surface area contributed by atoms with Crippen molar-refractivity contribution in [3.63, 3.8) is 0 Å². The predicted molar refractivity (Wildman–Crippen MR) is 5.75 cm³/mol. The first-order valence-corrected chi connectivity index (χ1v) is 2.78. The van der Waals surface area contributed by atoms with Crippen molar-refractivity contribution >= 4 is 10.1 Å². The van der Waals surface area contributed by atoms with E-state index in [1.165, 1.54) is 0 Å². The smallest absolute Gasteiger partial charge is 0.357 e. The maximum absolute atomic E-state index is 8.41. The monoisotopic (exact) mass is 175 g/mol. The summed E-state index contributed by atoms with van der Waals surface area (Å²) in [5, 5.41) is 0. The molecule has 0 rings (SSSR count). The number of hydrogen-bond acceptors (Lipinski definition) is 6. The van der Waals surface area contributed by atoms with Crippen LogP contribution in [0.25, 0.3) is 0 Å². The van der Waals surface area contributed by atoms with Crippen molar-refractivity contribution in [3.8, 4) is 0 Å². The quantitative estimate of drug-likeness (QED) is 0.336. The van der Waals surface area contributed by atoms with E-state index in [2.05, 4.69) is 0 Å². The Morgan fingerprint density at radius 1 is 0.556 bits per heavy atom. The van der Waals surface area contributed by atoms with Crippen LogP contribution in [0.4, 0.5) is 0 Å². The van der Waals surface area contributed by atoms with E-state index in [0.717, 1.165) is 0 Å². The van der Waals surface area contributed by atoms with Crippen LogP contribution in [0.1, 0.15) is 0 Å². The number of halogens is 2. The molecule has 0 aromatic rings. The van der Waals surface area contributed by atoms with Gasteiger partial charge in [0.05, 0.1) is 21.6 Å². The molecule has 6 nitrogen and oxygen atoms in total. The van der Waals surface area contributed by atoms with Crippen molar-refractivity contribution in [2.24, 2.45) is 0 Å². The summed E-state index contributed by atoms with van der Waals surface area (Å²) in [6.45, 7) is 0. The minimum absolute atomic E-state index is 0. The first kappa shape index (κ1) is 16.3. The van der Waals surface area contributed by atoms with Gasteiger partial charge in [0.2, 0.25) is 0 Å². The molecule has 0 unspecified atom stereocenters. The standard InChI is InChI=1S/Be.2ClO3/c;2*2-1(3)4/q+2;2*-1. The summed E-state index contributed by atoms with van der Waals surface area (Å²) >= 11 is 0. The average Bonchev–Trinajstić information content (AvgIpc) is 1.25. The summed E-state index contributed by atoms with van der Waals surface area (Å²) in [4.78, 5) is 0. The summed E-state index contributed by atoms with van der Waals surface area (Å²) in [6.07, 6.45) is 0. The van der Waals surface area contributed by atoms with E-state index < -0.39 is 21.6 Å². The van der Waals surface area contributed by atoms with Gasteiger partial charge in [0.15, 0.2) is 0 Å². The Morgan fingerprint density at radius 2 is 0.556 bits per heavy atom. The van der Waals surface area contributed by atoms with Gasteiger partial charge in [-0.2, -0.15) is 0 Å². The van der Waals surface area contributed by atoms with E-state index in [1.54, 1.807) is 0 Å². The van der Waals surface area contributed by atoms with Gasteiger partial charge in [-0.15, -0.1) is 0 Å². The molecule has 9 heteroatoms. The minimum Gasteiger partial charge on any atom is -0.357 e. The van der Waals surface area contributed by atoms with E-state index in [9.17, 15) is 0 Å². The largest absolute Gasteiger partial charge is 2.00 e. The van der Waals surface area contributed by atoms with Crippen LogP contribution in [0.3, 0.4) is 0 Å². The van der Waals surface area contributed by atoms with Gasteiger partial charge in [-0.3, -0.25) is 0 Å². The number of rotatable bonds is 0. The third-order valence-corrected chi connectivity index (χ3v) is 0. The molecule has 0 fully saturated rings. The van der Waals surface area contributed by atoms with E-state index in [4.69, 9.17) is 28.0 Å². The Labute approximate surface area is 60.4 Å². The Hall–Kier alpha value is 0.509. The second-order valence-electron chi connectivity index (χ2n) is 0.378. The molecule has 0 atom stereocenters. The molecule has 0 spiro atoms. The first-order valence-electron chi connectivity index (χ1n) is 0.926. The van der Waals surface area contributed by atoms with Gasteiger partial charge < -0.3 is 28.0 Å². The third-order valence-electron chi connectivity index (χ3n) is 0. The van der Waals surface area contributed by atoms with Gasteiger partial charge in [0.25, 0.3) is 0 Å². The molecule has 52 valence electrons. The van der Waals surface area contributed by atoms with E-state index in [-0.39, 0.29) is 10.1 Å². The molecule has 0 radical (unpaired) electrons. The molecule has 0 N–H and O–H groups in total. The molecule has 0 bridgehead atoms. The van der Waals surface area contributed by atoms with Crippen LogP contribution in [0, 0.1) is 21.6 Å². The summed E-state index contributed by atoms with van der Waals surface area (Å²) < 4.78 is 50.4. The molecule has 0 aliphatic heterocycles. The molecule has 0 aliphatic rings. The fraction of sp³-hybridized carbons (Fsp3) is 0. The van der Waals surface area contributed by atoms with Gasteiger partial charge in [-0.05, 0) is 0 Å². The normalized spacial score (nSPS) is 8.00. The van der Waals surface area contributed by atoms with Crippen molar-refractivity contribution < 1.29 is 49.5 Å². The Kier molecular flexibility index (Phi) is 20.4. The molecule has 0 saturated heterocycles. The first-order chi connectivity index (χ1) is 3.46. The van der Waals surface area contributed by atoms with Crippen molar-refractivity contribution in [1.82, 2.24) is 0 Å². The third kappa shape index (κ3) is 1390. The molecule has 0 aromatic carbocycles. The maximum atomic E-state index is 8.41. The van der Waals surface area contributed by atoms with Crippen LogP contribution >= 0.6 is 0 Å². The molecule has 0 amide bonds. The summed E-state index contributed by atoms with van der Waals surface area (Å²) in [7, 11) is -5.70. The maximum Gasteiger partial charge on any atom is 2.00 e. The molecular formula is BeCl2O6. The van der Waals surface area contributed by atoms with Crippen LogP contribution < -0.4 is 28.0 Å². The fourth-order valence-electron chi connectivity index (χ4n) is 0.